The Morgan fingerprint density at radius 2 is 1.69 bits per heavy atom. The van der Waals surface area contributed by atoms with Gasteiger partial charge in [-0.2, -0.15) is 0 Å². The van der Waals surface area contributed by atoms with Gasteiger partial charge in [-0.15, -0.1) is 0 Å². The highest BCUT2D eigenvalue weighted by Crippen LogP contribution is 2.22. The molecule has 2 rings (SSSR count). The zero-order valence-corrected chi connectivity index (χ0v) is 19.8. The van der Waals surface area contributed by atoms with E-state index in [4.69, 9.17) is 4.74 Å². The van der Waals surface area contributed by atoms with E-state index in [1.54, 1.807) is 24.0 Å². The van der Waals surface area contributed by atoms with Gasteiger partial charge in [0.05, 0.1) is 25.6 Å². The Morgan fingerprint density at radius 3 is 2.22 bits per heavy atom. The average Bonchev–Trinajstić information content (AvgIpc) is 2.76. The molecule has 1 aliphatic heterocycles. The van der Waals surface area contributed by atoms with Crippen LogP contribution in [0, 0.1) is 5.92 Å². The summed E-state index contributed by atoms with van der Waals surface area (Å²) in [7, 11) is 1.54. The van der Waals surface area contributed by atoms with E-state index < -0.39 is 0 Å². The van der Waals surface area contributed by atoms with Crippen LogP contribution in [0.25, 0.3) is 0 Å². The Labute approximate surface area is 190 Å². The quantitative estimate of drug-likeness (QED) is 0.648. The van der Waals surface area contributed by atoms with Crippen LogP contribution in [0.3, 0.4) is 0 Å². The lowest BCUT2D eigenvalue weighted by Crippen LogP contribution is -2.47. The summed E-state index contributed by atoms with van der Waals surface area (Å²) in [5.41, 5.74) is 1.59. The van der Waals surface area contributed by atoms with E-state index in [9.17, 15) is 19.2 Å². The molecule has 0 saturated carbocycles. The number of benzene rings is 1. The van der Waals surface area contributed by atoms with E-state index in [0.717, 1.165) is 5.56 Å². The van der Waals surface area contributed by atoms with Crippen molar-refractivity contribution in [1.82, 2.24) is 15.1 Å². The van der Waals surface area contributed by atoms with Crippen LogP contribution in [-0.2, 0) is 24.5 Å². The molecule has 0 aliphatic carbocycles. The topological polar surface area (TPSA) is 96.0 Å². The van der Waals surface area contributed by atoms with Crippen molar-refractivity contribution in [2.24, 2.45) is 5.92 Å². The van der Waals surface area contributed by atoms with Crippen LogP contribution in [0.1, 0.15) is 56.5 Å². The first kappa shape index (κ1) is 25.4. The second-order valence-electron chi connectivity index (χ2n) is 9.17. The molecule has 1 saturated heterocycles. The van der Waals surface area contributed by atoms with Gasteiger partial charge in [0.2, 0.25) is 11.8 Å². The Kier molecular flexibility index (Phi) is 8.80. The molecule has 1 aromatic rings. The first-order valence-electron chi connectivity index (χ1n) is 11.1. The Morgan fingerprint density at radius 1 is 1.09 bits per heavy atom. The number of piperidine rings is 1. The molecule has 1 aliphatic rings. The van der Waals surface area contributed by atoms with Crippen LogP contribution in [0.5, 0.6) is 0 Å². The van der Waals surface area contributed by atoms with Crippen molar-refractivity contribution < 1.29 is 23.9 Å². The Bertz CT molecular complexity index is 821. The van der Waals surface area contributed by atoms with Gasteiger partial charge in [-0.1, -0.05) is 32.9 Å². The fraction of sp³-hybridized carbons (Fsp3) is 0.583. The summed E-state index contributed by atoms with van der Waals surface area (Å²) in [6, 6.07) is 7.31. The van der Waals surface area contributed by atoms with Crippen molar-refractivity contribution in [3.05, 3.63) is 35.4 Å². The minimum Gasteiger partial charge on any atom is -0.466 e. The van der Waals surface area contributed by atoms with E-state index >= 15 is 0 Å². The smallest absolute Gasteiger partial charge is 0.309 e. The molecule has 3 amide bonds. The summed E-state index contributed by atoms with van der Waals surface area (Å²) < 4.78 is 5.04. The zero-order valence-electron chi connectivity index (χ0n) is 19.8. The van der Waals surface area contributed by atoms with Crippen molar-refractivity contribution in [3.8, 4) is 0 Å². The van der Waals surface area contributed by atoms with Gasteiger partial charge in [0, 0.05) is 25.7 Å². The van der Waals surface area contributed by atoms with Gasteiger partial charge in [0.15, 0.2) is 0 Å². The lowest BCUT2D eigenvalue weighted by atomic mass is 9.87. The van der Waals surface area contributed by atoms with E-state index in [-0.39, 0.29) is 48.1 Å². The minimum absolute atomic E-state index is 0.00565. The zero-order chi connectivity index (χ0) is 23.9. The van der Waals surface area contributed by atoms with E-state index in [2.05, 4.69) is 26.1 Å². The molecule has 8 heteroatoms. The van der Waals surface area contributed by atoms with E-state index in [1.165, 1.54) is 11.9 Å². The van der Waals surface area contributed by atoms with Crippen molar-refractivity contribution in [1.29, 1.82) is 0 Å². The summed E-state index contributed by atoms with van der Waals surface area (Å²) >= 11 is 0. The van der Waals surface area contributed by atoms with Crippen LogP contribution >= 0.6 is 0 Å². The number of hydrogen-bond acceptors (Lipinski definition) is 5. The summed E-state index contributed by atoms with van der Waals surface area (Å²) in [6.45, 7) is 9.09. The number of likely N-dealkylation sites (N-methyl/N-ethyl adjacent to an activating group) is 1. The molecule has 0 spiro atoms. The summed E-state index contributed by atoms with van der Waals surface area (Å²) in [6.07, 6.45) is 1.12. The molecule has 32 heavy (non-hydrogen) atoms. The summed E-state index contributed by atoms with van der Waals surface area (Å²) in [5.74, 6) is -1.24. The highest BCUT2D eigenvalue weighted by molar-refractivity contribution is 5.96. The maximum absolute atomic E-state index is 12.5. The number of likely N-dealkylation sites (tertiary alicyclic amines) is 1. The molecule has 1 heterocycles. The monoisotopic (exact) mass is 445 g/mol. The molecule has 1 N–H and O–H groups in total. The number of carbonyl (C=O) groups is 4. The first-order valence-corrected chi connectivity index (χ1v) is 11.1. The highest BCUT2D eigenvalue weighted by Gasteiger charge is 2.29. The molecule has 0 bridgehead atoms. The van der Waals surface area contributed by atoms with Gasteiger partial charge in [0.25, 0.3) is 5.91 Å². The van der Waals surface area contributed by atoms with Crippen molar-refractivity contribution in [2.45, 2.75) is 46.0 Å². The second kappa shape index (κ2) is 11.1. The maximum atomic E-state index is 12.5. The molecule has 8 nitrogen and oxygen atoms in total. The molecule has 0 unspecified atom stereocenters. The van der Waals surface area contributed by atoms with Crippen LogP contribution in [0.15, 0.2) is 24.3 Å². The Hall–Kier alpha value is -2.90. The molecule has 176 valence electrons. The third kappa shape index (κ3) is 7.07. The van der Waals surface area contributed by atoms with E-state index in [1.807, 2.05) is 12.1 Å². The largest absolute Gasteiger partial charge is 0.466 e. The lowest BCUT2D eigenvalue weighted by Gasteiger charge is -2.32. The molecule has 1 fully saturated rings. The van der Waals surface area contributed by atoms with Crippen LogP contribution < -0.4 is 5.32 Å². The number of carbonyl (C=O) groups excluding carboxylic acids is 4. The van der Waals surface area contributed by atoms with E-state index in [0.29, 0.717) is 38.1 Å². The van der Waals surface area contributed by atoms with Gasteiger partial charge < -0.3 is 19.9 Å². The lowest BCUT2D eigenvalue weighted by molar-refractivity contribution is -0.151. The van der Waals surface area contributed by atoms with Crippen molar-refractivity contribution in [3.63, 3.8) is 0 Å². The maximum Gasteiger partial charge on any atom is 0.309 e. The van der Waals surface area contributed by atoms with Gasteiger partial charge >= 0.3 is 5.97 Å². The highest BCUT2D eigenvalue weighted by atomic mass is 16.5. The first-order chi connectivity index (χ1) is 15.0. The fourth-order valence-electron chi connectivity index (χ4n) is 3.53. The summed E-state index contributed by atoms with van der Waals surface area (Å²) in [5, 5.41) is 2.61. The molecule has 1 aromatic carbocycles. The third-order valence-electron chi connectivity index (χ3n) is 5.68. The van der Waals surface area contributed by atoms with Crippen LogP contribution in [0.4, 0.5) is 0 Å². The normalized spacial score (nSPS) is 14.6. The number of nitrogens with one attached hydrogen (secondary N) is 1. The third-order valence-corrected chi connectivity index (χ3v) is 5.68. The number of ether oxygens (including phenoxy) is 1. The molecule has 0 atom stereocenters. The minimum atomic E-state index is -0.348. The number of hydrogen-bond donors (Lipinski definition) is 1. The number of amides is 3. The van der Waals surface area contributed by atoms with Gasteiger partial charge in [-0.3, -0.25) is 19.2 Å². The second-order valence-corrected chi connectivity index (χ2v) is 9.17. The van der Waals surface area contributed by atoms with Gasteiger partial charge in [-0.25, -0.2) is 0 Å². The summed E-state index contributed by atoms with van der Waals surface area (Å²) in [4.78, 5) is 52.0. The molecule has 0 aromatic heterocycles. The molecule has 0 radical (unpaired) electrons. The van der Waals surface area contributed by atoms with Crippen LogP contribution in [-0.4, -0.2) is 73.3 Å². The standard InChI is InChI=1S/C24H35N3O5/c1-6-32-23(31)18-11-13-27(14-12-18)21(29)16-26(5)20(28)15-25-22(30)17-7-9-19(10-8-17)24(2,3)4/h7-10,18H,6,11-16H2,1-5H3,(H,25,30). The van der Waals surface area contributed by atoms with Crippen molar-refractivity contribution in [2.75, 3.05) is 39.8 Å². The van der Waals surface area contributed by atoms with Gasteiger partial charge in [0.1, 0.15) is 0 Å². The van der Waals surface area contributed by atoms with Crippen LogP contribution in [0.2, 0.25) is 0 Å². The predicted octanol–water partition coefficient (Wildman–Crippen LogP) is 1.97. The molecular formula is C24H35N3O5. The average molecular weight is 446 g/mol. The predicted molar refractivity (Wildman–Crippen MR) is 121 cm³/mol. The SMILES string of the molecule is CCOC(=O)C1CCN(C(=O)CN(C)C(=O)CNC(=O)c2ccc(C(C)(C)C)cc2)CC1. The molecular weight excluding hydrogens is 410 g/mol. The fourth-order valence-corrected chi connectivity index (χ4v) is 3.53. The Balaban J connectivity index is 1.77. The van der Waals surface area contributed by atoms with Gasteiger partial charge in [-0.05, 0) is 42.9 Å². The number of rotatable bonds is 7. The number of nitrogens with zero attached hydrogens (tertiary/aromatic N) is 2. The van der Waals surface area contributed by atoms with Crippen molar-refractivity contribution >= 4 is 23.7 Å². The number of esters is 1.